The Bertz CT molecular complexity index is 794. The van der Waals surface area contributed by atoms with E-state index in [-0.39, 0.29) is 5.56 Å². The van der Waals surface area contributed by atoms with Crippen LogP contribution in [0.1, 0.15) is 16.1 Å². The molecule has 0 bridgehead atoms. The van der Waals surface area contributed by atoms with Gasteiger partial charge in [0.15, 0.2) is 0 Å². The molecule has 2 aromatic heterocycles. The third-order valence-electron chi connectivity index (χ3n) is 3.33. The second-order valence-corrected chi connectivity index (χ2v) is 4.65. The van der Waals surface area contributed by atoms with E-state index in [0.717, 1.165) is 22.5 Å². The number of aromatic carboxylic acids is 1. The summed E-state index contributed by atoms with van der Waals surface area (Å²) in [6.45, 7) is 1.85. The largest absolute Gasteiger partial charge is 0.478 e. The normalized spacial score (nSPS) is 10.5. The molecule has 0 radical (unpaired) electrons. The van der Waals surface area contributed by atoms with Gasteiger partial charge in [-0.25, -0.2) is 4.79 Å². The first kappa shape index (κ1) is 13.1. The van der Waals surface area contributed by atoms with Crippen LogP contribution in [0.15, 0.2) is 48.8 Å². The second-order valence-electron chi connectivity index (χ2n) is 4.65. The Morgan fingerprint density at radius 1 is 1.19 bits per heavy atom. The van der Waals surface area contributed by atoms with Gasteiger partial charge in [0.1, 0.15) is 0 Å². The first-order valence-corrected chi connectivity index (χ1v) is 6.46. The van der Waals surface area contributed by atoms with Crippen LogP contribution in [0.2, 0.25) is 0 Å². The number of nitrogens with one attached hydrogen (secondary N) is 1. The molecule has 3 aromatic rings. The first-order valence-electron chi connectivity index (χ1n) is 6.46. The molecular formula is C16H13N3O2. The zero-order valence-corrected chi connectivity index (χ0v) is 11.4. The minimum atomic E-state index is -1.00. The lowest BCUT2D eigenvalue weighted by atomic mass is 9.96. The maximum absolute atomic E-state index is 11.4. The minimum Gasteiger partial charge on any atom is -0.478 e. The summed E-state index contributed by atoms with van der Waals surface area (Å²) in [6.07, 6.45) is 2.95. The average Bonchev–Trinajstić information content (AvgIpc) is 2.89. The molecule has 0 spiro atoms. The number of carboxylic acids is 1. The Hall–Kier alpha value is -2.95. The van der Waals surface area contributed by atoms with Gasteiger partial charge in [-0.3, -0.25) is 10.1 Å². The monoisotopic (exact) mass is 279 g/mol. The van der Waals surface area contributed by atoms with Crippen LogP contribution in [-0.2, 0) is 0 Å². The van der Waals surface area contributed by atoms with Crippen molar-refractivity contribution in [2.45, 2.75) is 6.92 Å². The number of nitrogens with zero attached hydrogens (tertiary/aromatic N) is 2. The highest BCUT2D eigenvalue weighted by molar-refractivity contribution is 5.98. The molecule has 3 rings (SSSR count). The predicted molar refractivity (Wildman–Crippen MR) is 79.0 cm³/mol. The van der Waals surface area contributed by atoms with Gasteiger partial charge in [-0.15, -0.1) is 0 Å². The summed E-state index contributed by atoms with van der Waals surface area (Å²) < 4.78 is 0. The van der Waals surface area contributed by atoms with Crippen molar-refractivity contribution >= 4 is 5.97 Å². The van der Waals surface area contributed by atoms with Crippen molar-refractivity contribution in [2.24, 2.45) is 0 Å². The van der Waals surface area contributed by atoms with Gasteiger partial charge in [0.2, 0.25) is 0 Å². The summed E-state index contributed by atoms with van der Waals surface area (Å²) in [5.41, 5.74) is 4.09. The van der Waals surface area contributed by atoms with E-state index >= 15 is 0 Å². The molecule has 0 fully saturated rings. The van der Waals surface area contributed by atoms with Crippen molar-refractivity contribution in [3.05, 3.63) is 60.0 Å². The SMILES string of the molecule is Cc1n[nH]c(-c2ccccc2)c1-c1ccncc1C(=O)O. The maximum atomic E-state index is 11.4. The Morgan fingerprint density at radius 3 is 2.67 bits per heavy atom. The number of benzene rings is 1. The molecule has 0 unspecified atom stereocenters. The third-order valence-corrected chi connectivity index (χ3v) is 3.33. The Morgan fingerprint density at radius 2 is 1.95 bits per heavy atom. The van der Waals surface area contributed by atoms with E-state index in [2.05, 4.69) is 15.2 Å². The predicted octanol–water partition coefficient (Wildman–Crippen LogP) is 3.15. The standard InChI is InChI=1S/C16H13N3O2/c1-10-14(12-7-8-17-9-13(12)16(20)21)15(19-18-10)11-5-3-2-4-6-11/h2-9H,1H3,(H,18,19)(H,20,21). The molecule has 0 saturated carbocycles. The number of H-pyrrole nitrogens is 1. The molecule has 2 heterocycles. The Labute approximate surface area is 121 Å². The van der Waals surface area contributed by atoms with Gasteiger partial charge in [-0.05, 0) is 13.0 Å². The van der Waals surface area contributed by atoms with Gasteiger partial charge in [-0.1, -0.05) is 30.3 Å². The van der Waals surface area contributed by atoms with E-state index in [1.54, 1.807) is 12.3 Å². The van der Waals surface area contributed by atoms with Crippen molar-refractivity contribution < 1.29 is 9.90 Å². The first-order chi connectivity index (χ1) is 10.2. The molecule has 0 atom stereocenters. The molecule has 5 heteroatoms. The summed E-state index contributed by atoms with van der Waals surface area (Å²) in [6, 6.07) is 11.4. The number of rotatable bonds is 3. The van der Waals surface area contributed by atoms with Crippen LogP contribution in [-0.4, -0.2) is 26.3 Å². The number of aromatic nitrogens is 3. The van der Waals surface area contributed by atoms with Crippen molar-refractivity contribution in [1.82, 2.24) is 15.2 Å². The number of hydrogen-bond acceptors (Lipinski definition) is 3. The summed E-state index contributed by atoms with van der Waals surface area (Å²) in [7, 11) is 0. The van der Waals surface area contributed by atoms with Crippen molar-refractivity contribution in [1.29, 1.82) is 0 Å². The number of aryl methyl sites for hydroxylation is 1. The molecule has 0 aliphatic rings. The lowest BCUT2D eigenvalue weighted by molar-refractivity contribution is 0.0697. The highest BCUT2D eigenvalue weighted by Gasteiger charge is 2.19. The highest BCUT2D eigenvalue weighted by Crippen LogP contribution is 2.34. The average molecular weight is 279 g/mol. The van der Waals surface area contributed by atoms with Gasteiger partial charge in [0.25, 0.3) is 0 Å². The third kappa shape index (κ3) is 2.29. The fourth-order valence-corrected chi connectivity index (χ4v) is 2.36. The van der Waals surface area contributed by atoms with E-state index in [1.807, 2.05) is 37.3 Å². The van der Waals surface area contributed by atoms with Crippen molar-refractivity contribution in [3.63, 3.8) is 0 Å². The lowest BCUT2D eigenvalue weighted by Gasteiger charge is -2.08. The second kappa shape index (κ2) is 5.20. The number of carboxylic acid groups (broad SMARTS) is 1. The summed E-state index contributed by atoms with van der Waals surface area (Å²) in [5.74, 6) is -1.00. The smallest absolute Gasteiger partial charge is 0.337 e. The zero-order chi connectivity index (χ0) is 14.8. The molecule has 0 aliphatic heterocycles. The summed E-state index contributed by atoms with van der Waals surface area (Å²) in [5, 5.41) is 16.6. The van der Waals surface area contributed by atoms with Crippen LogP contribution in [0.5, 0.6) is 0 Å². The van der Waals surface area contributed by atoms with Crippen LogP contribution in [0.25, 0.3) is 22.4 Å². The molecule has 0 amide bonds. The highest BCUT2D eigenvalue weighted by atomic mass is 16.4. The van der Waals surface area contributed by atoms with Crippen LogP contribution in [0, 0.1) is 6.92 Å². The number of carbonyl (C=O) groups is 1. The number of pyridine rings is 1. The molecular weight excluding hydrogens is 266 g/mol. The fraction of sp³-hybridized carbons (Fsp3) is 0.0625. The van der Waals surface area contributed by atoms with Gasteiger partial charge < -0.3 is 5.11 Å². The quantitative estimate of drug-likeness (QED) is 0.772. The summed E-state index contributed by atoms with van der Waals surface area (Å²) >= 11 is 0. The van der Waals surface area contributed by atoms with E-state index in [9.17, 15) is 9.90 Å². The summed E-state index contributed by atoms with van der Waals surface area (Å²) in [4.78, 5) is 15.3. The maximum Gasteiger partial charge on any atom is 0.337 e. The molecule has 21 heavy (non-hydrogen) atoms. The van der Waals surface area contributed by atoms with E-state index < -0.39 is 5.97 Å². The topological polar surface area (TPSA) is 78.9 Å². The number of aromatic amines is 1. The van der Waals surface area contributed by atoms with E-state index in [1.165, 1.54) is 6.20 Å². The molecule has 2 N–H and O–H groups in total. The zero-order valence-electron chi connectivity index (χ0n) is 11.4. The Kier molecular flexibility index (Phi) is 3.23. The molecule has 5 nitrogen and oxygen atoms in total. The van der Waals surface area contributed by atoms with Gasteiger partial charge in [0, 0.05) is 29.1 Å². The molecule has 1 aromatic carbocycles. The van der Waals surface area contributed by atoms with Crippen LogP contribution < -0.4 is 0 Å². The number of hydrogen-bond donors (Lipinski definition) is 2. The van der Waals surface area contributed by atoms with Crippen LogP contribution in [0.4, 0.5) is 0 Å². The van der Waals surface area contributed by atoms with Gasteiger partial charge >= 0.3 is 5.97 Å². The molecule has 0 saturated heterocycles. The minimum absolute atomic E-state index is 0.166. The van der Waals surface area contributed by atoms with E-state index in [0.29, 0.717) is 5.56 Å². The fourth-order valence-electron chi connectivity index (χ4n) is 2.36. The van der Waals surface area contributed by atoms with Crippen molar-refractivity contribution in [3.8, 4) is 22.4 Å². The van der Waals surface area contributed by atoms with Gasteiger partial charge in [-0.2, -0.15) is 5.10 Å². The van der Waals surface area contributed by atoms with E-state index in [4.69, 9.17) is 0 Å². The Balaban J connectivity index is 2.25. The molecule has 0 aliphatic carbocycles. The van der Waals surface area contributed by atoms with Crippen LogP contribution >= 0.6 is 0 Å². The van der Waals surface area contributed by atoms with Crippen molar-refractivity contribution in [2.75, 3.05) is 0 Å². The van der Waals surface area contributed by atoms with Crippen LogP contribution in [0.3, 0.4) is 0 Å². The molecule has 104 valence electrons. The van der Waals surface area contributed by atoms with Gasteiger partial charge in [0.05, 0.1) is 17.0 Å². The lowest BCUT2D eigenvalue weighted by Crippen LogP contribution is -2.01.